The van der Waals surface area contributed by atoms with Gasteiger partial charge in [0.2, 0.25) is 0 Å². The number of benzene rings is 1. The number of rotatable bonds is 2. The number of aryl methyl sites for hydroxylation is 2. The maximum Gasteiger partial charge on any atom is 0.270 e. The molecule has 122 valence electrons. The van der Waals surface area contributed by atoms with E-state index in [9.17, 15) is 9.59 Å². The zero-order valence-corrected chi connectivity index (χ0v) is 14.4. The Kier molecular flexibility index (Phi) is 4.07. The van der Waals surface area contributed by atoms with E-state index in [0.29, 0.717) is 17.2 Å². The van der Waals surface area contributed by atoms with E-state index in [-0.39, 0.29) is 10.7 Å². The summed E-state index contributed by atoms with van der Waals surface area (Å²) in [5.41, 5.74) is 2.61. The molecule has 1 aliphatic rings. The van der Waals surface area contributed by atoms with Crippen LogP contribution in [0.5, 0.6) is 0 Å². The largest absolute Gasteiger partial charge is 0.462 e. The van der Waals surface area contributed by atoms with Crippen molar-refractivity contribution in [2.24, 2.45) is 0 Å². The summed E-state index contributed by atoms with van der Waals surface area (Å²) in [5.74, 6) is 0.152. The number of nitrogens with zero attached hydrogens (tertiary/aromatic N) is 1. The van der Waals surface area contributed by atoms with Crippen LogP contribution < -0.4 is 10.2 Å². The number of hydrogen-bond donors (Lipinski definition) is 1. The van der Waals surface area contributed by atoms with Crippen LogP contribution in [0.4, 0.5) is 5.69 Å². The molecule has 3 rings (SSSR count). The van der Waals surface area contributed by atoms with Crippen LogP contribution >= 0.6 is 12.2 Å². The molecule has 6 heteroatoms. The summed E-state index contributed by atoms with van der Waals surface area (Å²) in [4.78, 5) is 26.4. The van der Waals surface area contributed by atoms with Crippen LogP contribution in [0, 0.1) is 20.8 Å². The van der Waals surface area contributed by atoms with Crippen molar-refractivity contribution in [3.05, 3.63) is 58.6 Å². The summed E-state index contributed by atoms with van der Waals surface area (Å²) in [6.07, 6.45) is 1.44. The van der Waals surface area contributed by atoms with Gasteiger partial charge in [-0.1, -0.05) is 12.1 Å². The Morgan fingerprint density at radius 3 is 2.54 bits per heavy atom. The number of carbonyl (C=O) groups excluding carboxylic acids is 2. The Balaban J connectivity index is 2.06. The molecule has 1 saturated heterocycles. The van der Waals surface area contributed by atoms with E-state index in [4.69, 9.17) is 16.6 Å². The molecule has 1 fully saturated rings. The van der Waals surface area contributed by atoms with Gasteiger partial charge in [-0.15, -0.1) is 0 Å². The molecule has 2 amide bonds. The summed E-state index contributed by atoms with van der Waals surface area (Å²) in [6, 6.07) is 9.09. The minimum absolute atomic E-state index is 0.0149. The van der Waals surface area contributed by atoms with Crippen molar-refractivity contribution >= 4 is 40.9 Å². The lowest BCUT2D eigenvalue weighted by Gasteiger charge is -2.30. The fourth-order valence-corrected chi connectivity index (χ4v) is 2.80. The average molecular weight is 340 g/mol. The summed E-state index contributed by atoms with van der Waals surface area (Å²) in [6.45, 7) is 5.66. The normalized spacial score (nSPS) is 16.7. The number of anilines is 1. The molecule has 5 nitrogen and oxygen atoms in total. The fraction of sp³-hybridized carbons (Fsp3) is 0.167. The number of carbonyl (C=O) groups is 2. The fourth-order valence-electron chi connectivity index (χ4n) is 2.53. The Labute approximate surface area is 144 Å². The highest BCUT2D eigenvalue weighted by Gasteiger charge is 2.35. The molecule has 0 bridgehead atoms. The zero-order chi connectivity index (χ0) is 17.4. The molecule has 24 heavy (non-hydrogen) atoms. The second kappa shape index (κ2) is 6.05. The standard InChI is InChI=1S/C18H16N2O3S/c1-10-5-4-6-15(12(10)3)20-17(22)14(16(21)19-18(20)24)9-13-8-7-11(2)23-13/h4-9H,1-3H3,(H,19,21,24)/b14-9+. The van der Waals surface area contributed by atoms with Crippen molar-refractivity contribution in [2.75, 3.05) is 4.90 Å². The third-order valence-corrected chi connectivity index (χ3v) is 4.25. The number of hydrogen-bond acceptors (Lipinski definition) is 4. The van der Waals surface area contributed by atoms with Crippen LogP contribution in [-0.4, -0.2) is 16.9 Å². The number of amides is 2. The third-order valence-electron chi connectivity index (χ3n) is 3.97. The van der Waals surface area contributed by atoms with Gasteiger partial charge in [0.05, 0.1) is 5.69 Å². The van der Waals surface area contributed by atoms with Gasteiger partial charge in [0.25, 0.3) is 11.8 Å². The molecule has 0 unspecified atom stereocenters. The van der Waals surface area contributed by atoms with Gasteiger partial charge >= 0.3 is 0 Å². The van der Waals surface area contributed by atoms with Crippen LogP contribution in [0.15, 0.2) is 40.3 Å². The van der Waals surface area contributed by atoms with Crippen LogP contribution in [0.3, 0.4) is 0 Å². The predicted molar refractivity (Wildman–Crippen MR) is 95.6 cm³/mol. The van der Waals surface area contributed by atoms with Crippen LogP contribution in [0.1, 0.15) is 22.6 Å². The molecule has 0 saturated carbocycles. The second-order valence-corrected chi connectivity index (χ2v) is 6.01. The van der Waals surface area contributed by atoms with Gasteiger partial charge in [0, 0.05) is 0 Å². The van der Waals surface area contributed by atoms with E-state index in [1.165, 1.54) is 11.0 Å². The van der Waals surface area contributed by atoms with E-state index in [1.807, 2.05) is 26.0 Å². The molecule has 2 aromatic rings. The molecular formula is C18H16N2O3S. The van der Waals surface area contributed by atoms with Crippen molar-refractivity contribution < 1.29 is 14.0 Å². The Morgan fingerprint density at radius 2 is 1.88 bits per heavy atom. The lowest BCUT2D eigenvalue weighted by molar-refractivity contribution is -0.122. The van der Waals surface area contributed by atoms with Crippen LogP contribution in [-0.2, 0) is 9.59 Å². The van der Waals surface area contributed by atoms with E-state index in [1.54, 1.807) is 25.1 Å². The zero-order valence-electron chi connectivity index (χ0n) is 13.5. The second-order valence-electron chi connectivity index (χ2n) is 5.63. The Hall–Kier alpha value is -2.73. The first-order chi connectivity index (χ1) is 11.4. The SMILES string of the molecule is Cc1ccc(/C=C2\C(=O)NC(=S)N(c3cccc(C)c3C)C2=O)o1. The quantitative estimate of drug-likeness (QED) is 0.518. The molecule has 0 radical (unpaired) electrons. The summed E-state index contributed by atoms with van der Waals surface area (Å²) in [5, 5.41) is 2.65. The Morgan fingerprint density at radius 1 is 1.12 bits per heavy atom. The molecule has 2 heterocycles. The van der Waals surface area contributed by atoms with E-state index < -0.39 is 11.8 Å². The lowest BCUT2D eigenvalue weighted by Crippen LogP contribution is -2.54. The molecule has 0 spiro atoms. The maximum atomic E-state index is 12.9. The monoisotopic (exact) mass is 340 g/mol. The topological polar surface area (TPSA) is 62.6 Å². The van der Waals surface area contributed by atoms with Gasteiger partial charge in [-0.2, -0.15) is 0 Å². The molecule has 1 N–H and O–H groups in total. The average Bonchev–Trinajstić information content (AvgIpc) is 2.93. The van der Waals surface area contributed by atoms with Gasteiger partial charge in [-0.25, -0.2) is 0 Å². The van der Waals surface area contributed by atoms with Crippen molar-refractivity contribution in [2.45, 2.75) is 20.8 Å². The Bertz CT molecular complexity index is 895. The minimum Gasteiger partial charge on any atom is -0.462 e. The van der Waals surface area contributed by atoms with Crippen LogP contribution in [0.2, 0.25) is 0 Å². The molecule has 0 atom stereocenters. The van der Waals surface area contributed by atoms with Crippen molar-refractivity contribution in [3.63, 3.8) is 0 Å². The number of furan rings is 1. The maximum absolute atomic E-state index is 12.9. The van der Waals surface area contributed by atoms with E-state index in [0.717, 1.165) is 11.1 Å². The summed E-state index contributed by atoms with van der Waals surface area (Å²) >= 11 is 5.21. The van der Waals surface area contributed by atoms with Gasteiger partial charge in [-0.05, 0) is 68.4 Å². The molecule has 1 aromatic carbocycles. The highest BCUT2D eigenvalue weighted by Crippen LogP contribution is 2.27. The predicted octanol–water partition coefficient (Wildman–Crippen LogP) is 3.04. The molecular weight excluding hydrogens is 324 g/mol. The van der Waals surface area contributed by atoms with Crippen molar-refractivity contribution in [1.82, 2.24) is 5.32 Å². The lowest BCUT2D eigenvalue weighted by atomic mass is 10.0. The first-order valence-electron chi connectivity index (χ1n) is 7.42. The first kappa shape index (κ1) is 16.1. The highest BCUT2D eigenvalue weighted by atomic mass is 32.1. The number of thiocarbonyl (C=S) groups is 1. The molecule has 1 aliphatic heterocycles. The van der Waals surface area contributed by atoms with Gasteiger partial charge < -0.3 is 4.42 Å². The van der Waals surface area contributed by atoms with E-state index >= 15 is 0 Å². The van der Waals surface area contributed by atoms with Gasteiger partial charge in [0.15, 0.2) is 5.11 Å². The third kappa shape index (κ3) is 2.76. The minimum atomic E-state index is -0.527. The number of nitrogens with one attached hydrogen (secondary N) is 1. The smallest absolute Gasteiger partial charge is 0.270 e. The molecule has 1 aromatic heterocycles. The molecule has 0 aliphatic carbocycles. The van der Waals surface area contributed by atoms with Gasteiger partial charge in [-0.3, -0.25) is 19.8 Å². The summed E-state index contributed by atoms with van der Waals surface area (Å²) in [7, 11) is 0. The van der Waals surface area contributed by atoms with Crippen LogP contribution in [0.25, 0.3) is 6.08 Å². The summed E-state index contributed by atoms with van der Waals surface area (Å²) < 4.78 is 5.43. The van der Waals surface area contributed by atoms with Crippen molar-refractivity contribution in [3.8, 4) is 0 Å². The highest BCUT2D eigenvalue weighted by molar-refractivity contribution is 7.80. The van der Waals surface area contributed by atoms with Gasteiger partial charge in [0.1, 0.15) is 17.1 Å². The van der Waals surface area contributed by atoms with E-state index in [2.05, 4.69) is 5.32 Å². The first-order valence-corrected chi connectivity index (χ1v) is 7.83. The van der Waals surface area contributed by atoms with Crippen molar-refractivity contribution in [1.29, 1.82) is 0 Å².